The zero-order valence-electron chi connectivity index (χ0n) is 11.6. The first kappa shape index (κ1) is 16.8. The van der Waals surface area contributed by atoms with Crippen molar-refractivity contribution in [3.05, 3.63) is 35.7 Å². The van der Waals surface area contributed by atoms with Crippen LogP contribution < -0.4 is 5.32 Å². The Morgan fingerprint density at radius 2 is 2.09 bits per heavy atom. The summed E-state index contributed by atoms with van der Waals surface area (Å²) in [6, 6.07) is 4.95. The Kier molecular flexibility index (Phi) is 5.08. The molecule has 8 heteroatoms. The molecule has 1 aliphatic rings. The highest BCUT2D eigenvalue weighted by molar-refractivity contribution is 5.85. The number of alkyl halides is 3. The Morgan fingerprint density at radius 1 is 1.27 bits per heavy atom. The first-order valence-electron chi connectivity index (χ1n) is 6.76. The maximum absolute atomic E-state index is 12.7. The monoisotopic (exact) mass is 333 g/mol. The van der Waals surface area contributed by atoms with Gasteiger partial charge in [-0.15, -0.1) is 12.4 Å². The van der Waals surface area contributed by atoms with Crippen LogP contribution in [0.5, 0.6) is 0 Å². The SMILES string of the molecule is Cl.FC(F)(F)c1cccc(-c2noc(C3CCCNC3)n2)c1. The van der Waals surface area contributed by atoms with Gasteiger partial charge in [0.2, 0.25) is 11.7 Å². The minimum Gasteiger partial charge on any atom is -0.339 e. The number of halogens is 4. The molecule has 22 heavy (non-hydrogen) atoms. The lowest BCUT2D eigenvalue weighted by Gasteiger charge is -2.18. The number of benzene rings is 1. The van der Waals surface area contributed by atoms with E-state index < -0.39 is 11.7 Å². The van der Waals surface area contributed by atoms with E-state index in [1.165, 1.54) is 6.07 Å². The van der Waals surface area contributed by atoms with Crippen LogP contribution in [0.3, 0.4) is 0 Å². The van der Waals surface area contributed by atoms with Crippen LogP contribution in [0, 0.1) is 0 Å². The lowest BCUT2D eigenvalue weighted by Crippen LogP contribution is -2.28. The Hall–Kier alpha value is -1.60. The molecule has 1 atom stereocenters. The van der Waals surface area contributed by atoms with Crippen LogP contribution in [-0.2, 0) is 6.18 Å². The third kappa shape index (κ3) is 3.59. The summed E-state index contributed by atoms with van der Waals surface area (Å²) in [6.45, 7) is 1.72. The first-order chi connectivity index (χ1) is 10.0. The van der Waals surface area contributed by atoms with E-state index in [4.69, 9.17) is 4.52 Å². The van der Waals surface area contributed by atoms with E-state index in [1.807, 2.05) is 0 Å². The predicted molar refractivity (Wildman–Crippen MR) is 76.8 cm³/mol. The lowest BCUT2D eigenvalue weighted by molar-refractivity contribution is -0.137. The predicted octanol–water partition coefficient (Wildman–Crippen LogP) is 3.64. The second-order valence-electron chi connectivity index (χ2n) is 5.08. The Morgan fingerprint density at radius 3 is 2.77 bits per heavy atom. The standard InChI is InChI=1S/C14H14F3N3O.ClH/c15-14(16,17)11-5-1-3-9(7-11)12-19-13(21-20-12)10-4-2-6-18-8-10;/h1,3,5,7,10,18H,2,4,6,8H2;1H. The van der Waals surface area contributed by atoms with Gasteiger partial charge in [0.1, 0.15) is 0 Å². The van der Waals surface area contributed by atoms with Crippen LogP contribution in [0.4, 0.5) is 13.2 Å². The van der Waals surface area contributed by atoms with Gasteiger partial charge < -0.3 is 9.84 Å². The molecule has 3 rings (SSSR count). The fourth-order valence-electron chi connectivity index (χ4n) is 2.42. The van der Waals surface area contributed by atoms with Crippen molar-refractivity contribution in [1.29, 1.82) is 0 Å². The van der Waals surface area contributed by atoms with Crippen LogP contribution in [0.1, 0.15) is 30.2 Å². The molecule has 4 nitrogen and oxygen atoms in total. The second-order valence-corrected chi connectivity index (χ2v) is 5.08. The topological polar surface area (TPSA) is 51.0 Å². The zero-order chi connectivity index (χ0) is 14.9. The summed E-state index contributed by atoms with van der Waals surface area (Å²) >= 11 is 0. The number of hydrogen-bond acceptors (Lipinski definition) is 4. The molecule has 1 fully saturated rings. The molecule has 1 unspecified atom stereocenters. The molecule has 0 radical (unpaired) electrons. The number of rotatable bonds is 2. The average Bonchev–Trinajstić information content (AvgIpc) is 2.97. The molecule has 0 amide bonds. The number of nitrogens with one attached hydrogen (secondary N) is 1. The van der Waals surface area contributed by atoms with Gasteiger partial charge in [0.25, 0.3) is 0 Å². The first-order valence-corrected chi connectivity index (χ1v) is 6.76. The fourth-order valence-corrected chi connectivity index (χ4v) is 2.42. The molecule has 0 aliphatic carbocycles. The van der Waals surface area contributed by atoms with E-state index in [9.17, 15) is 13.2 Å². The molecule has 1 N–H and O–H groups in total. The number of nitrogens with zero attached hydrogens (tertiary/aromatic N) is 2. The highest BCUT2D eigenvalue weighted by atomic mass is 35.5. The largest absolute Gasteiger partial charge is 0.416 e. The van der Waals surface area contributed by atoms with E-state index in [0.717, 1.165) is 38.1 Å². The maximum Gasteiger partial charge on any atom is 0.416 e. The Bertz CT molecular complexity index is 624. The number of aromatic nitrogens is 2. The van der Waals surface area contributed by atoms with Gasteiger partial charge in [0, 0.05) is 12.1 Å². The summed E-state index contributed by atoms with van der Waals surface area (Å²) in [5, 5.41) is 7.04. The van der Waals surface area contributed by atoms with E-state index in [1.54, 1.807) is 6.07 Å². The van der Waals surface area contributed by atoms with Gasteiger partial charge in [-0.25, -0.2) is 0 Å². The number of piperidine rings is 1. The quantitative estimate of drug-likeness (QED) is 0.911. The molecule has 120 valence electrons. The smallest absolute Gasteiger partial charge is 0.339 e. The van der Waals surface area contributed by atoms with Crippen molar-refractivity contribution in [2.45, 2.75) is 24.9 Å². The van der Waals surface area contributed by atoms with Crippen molar-refractivity contribution in [3.63, 3.8) is 0 Å². The molecule has 2 heterocycles. The summed E-state index contributed by atoms with van der Waals surface area (Å²) in [4.78, 5) is 4.24. The highest BCUT2D eigenvalue weighted by Crippen LogP contribution is 2.32. The van der Waals surface area contributed by atoms with Crippen molar-refractivity contribution in [3.8, 4) is 11.4 Å². The molecule has 0 bridgehead atoms. The summed E-state index contributed by atoms with van der Waals surface area (Å²) in [6.07, 6.45) is -2.42. The molecule has 0 spiro atoms. The fraction of sp³-hybridized carbons (Fsp3) is 0.429. The van der Waals surface area contributed by atoms with Crippen molar-refractivity contribution >= 4 is 12.4 Å². The van der Waals surface area contributed by atoms with Gasteiger partial charge in [-0.1, -0.05) is 17.3 Å². The highest BCUT2D eigenvalue weighted by Gasteiger charge is 2.31. The number of hydrogen-bond donors (Lipinski definition) is 1. The van der Waals surface area contributed by atoms with E-state index >= 15 is 0 Å². The molecule has 1 aromatic carbocycles. The normalized spacial score (nSPS) is 18.8. The molecule has 1 aliphatic heterocycles. The van der Waals surface area contributed by atoms with Gasteiger partial charge in [0.15, 0.2) is 0 Å². The van der Waals surface area contributed by atoms with E-state index in [0.29, 0.717) is 11.5 Å². The molecular weight excluding hydrogens is 319 g/mol. The van der Waals surface area contributed by atoms with Crippen LogP contribution in [0.2, 0.25) is 0 Å². The summed E-state index contributed by atoms with van der Waals surface area (Å²) in [7, 11) is 0. The van der Waals surface area contributed by atoms with E-state index in [2.05, 4.69) is 15.5 Å². The molecular formula is C14H15ClF3N3O. The van der Waals surface area contributed by atoms with Gasteiger partial charge in [0.05, 0.1) is 11.5 Å². The minimum absolute atomic E-state index is 0. The molecule has 0 saturated carbocycles. The zero-order valence-corrected chi connectivity index (χ0v) is 12.4. The second kappa shape index (κ2) is 6.66. The summed E-state index contributed by atoms with van der Waals surface area (Å²) in [5.41, 5.74) is -0.408. The summed E-state index contributed by atoms with van der Waals surface area (Å²) < 4.78 is 43.3. The van der Waals surface area contributed by atoms with Gasteiger partial charge >= 0.3 is 6.18 Å². The van der Waals surface area contributed by atoms with Crippen LogP contribution >= 0.6 is 12.4 Å². The van der Waals surface area contributed by atoms with E-state index in [-0.39, 0.29) is 24.1 Å². The van der Waals surface area contributed by atoms with Gasteiger partial charge in [-0.05, 0) is 31.5 Å². The maximum atomic E-state index is 12.7. The molecule has 2 aromatic rings. The van der Waals surface area contributed by atoms with Gasteiger partial charge in [-0.2, -0.15) is 18.2 Å². The van der Waals surface area contributed by atoms with Crippen molar-refractivity contribution in [1.82, 2.24) is 15.5 Å². The summed E-state index contributed by atoms with van der Waals surface area (Å²) in [5.74, 6) is 0.807. The minimum atomic E-state index is -4.38. The average molecular weight is 334 g/mol. The van der Waals surface area contributed by atoms with Crippen molar-refractivity contribution in [2.75, 3.05) is 13.1 Å². The van der Waals surface area contributed by atoms with Gasteiger partial charge in [-0.3, -0.25) is 0 Å². The Labute approximate surface area is 131 Å². The van der Waals surface area contributed by atoms with Crippen LogP contribution in [-0.4, -0.2) is 23.2 Å². The van der Waals surface area contributed by atoms with Crippen LogP contribution in [0.15, 0.2) is 28.8 Å². The van der Waals surface area contributed by atoms with Crippen molar-refractivity contribution in [2.24, 2.45) is 0 Å². The molecule has 1 aromatic heterocycles. The lowest BCUT2D eigenvalue weighted by atomic mass is 10.00. The third-order valence-corrected chi connectivity index (χ3v) is 3.54. The molecule has 1 saturated heterocycles. The van der Waals surface area contributed by atoms with Crippen LogP contribution in [0.25, 0.3) is 11.4 Å². The third-order valence-electron chi connectivity index (χ3n) is 3.54. The van der Waals surface area contributed by atoms with Crippen molar-refractivity contribution < 1.29 is 17.7 Å². The Balaban J connectivity index is 0.00000176.